The van der Waals surface area contributed by atoms with E-state index in [1.165, 1.54) is 44.8 Å². The standard InChI is InChI=1S/C22H27N3O2/c1-17(26)24-21-11-7-18(8-12-21)15-23-22(27)20-9-5-19(6-10-20)16-25-13-3-2-4-14-25/h5-12H,2-4,13-16H2,1H3,(H,23,27)(H,24,26). The van der Waals surface area contributed by atoms with E-state index in [2.05, 4.69) is 15.5 Å². The Morgan fingerprint density at radius 2 is 1.52 bits per heavy atom. The lowest BCUT2D eigenvalue weighted by Crippen LogP contribution is -2.29. The fourth-order valence-electron chi connectivity index (χ4n) is 3.33. The molecule has 1 saturated heterocycles. The van der Waals surface area contributed by atoms with Gasteiger partial charge < -0.3 is 10.6 Å². The number of likely N-dealkylation sites (tertiary alicyclic amines) is 1. The van der Waals surface area contributed by atoms with Gasteiger partial charge in [-0.25, -0.2) is 0 Å². The monoisotopic (exact) mass is 365 g/mol. The third-order valence-electron chi connectivity index (χ3n) is 4.80. The van der Waals surface area contributed by atoms with Crippen LogP contribution in [0, 0.1) is 0 Å². The van der Waals surface area contributed by atoms with Crippen LogP contribution in [0.1, 0.15) is 47.7 Å². The fraction of sp³-hybridized carbons (Fsp3) is 0.364. The van der Waals surface area contributed by atoms with Gasteiger partial charge in [0.1, 0.15) is 0 Å². The maximum atomic E-state index is 12.4. The molecule has 1 aliphatic heterocycles. The van der Waals surface area contributed by atoms with Crippen LogP contribution in [-0.2, 0) is 17.9 Å². The lowest BCUT2D eigenvalue weighted by Gasteiger charge is -2.26. The molecule has 142 valence electrons. The van der Waals surface area contributed by atoms with E-state index in [4.69, 9.17) is 0 Å². The van der Waals surface area contributed by atoms with E-state index in [-0.39, 0.29) is 11.8 Å². The second-order valence-electron chi connectivity index (χ2n) is 7.09. The van der Waals surface area contributed by atoms with Gasteiger partial charge in [0.2, 0.25) is 5.91 Å². The summed E-state index contributed by atoms with van der Waals surface area (Å²) in [5.74, 6) is -0.176. The van der Waals surface area contributed by atoms with Gasteiger partial charge in [-0.3, -0.25) is 14.5 Å². The van der Waals surface area contributed by atoms with Crippen molar-refractivity contribution in [3.8, 4) is 0 Å². The normalized spacial score (nSPS) is 14.6. The summed E-state index contributed by atoms with van der Waals surface area (Å²) < 4.78 is 0. The zero-order valence-corrected chi connectivity index (χ0v) is 15.8. The number of carbonyl (C=O) groups excluding carboxylic acids is 2. The molecule has 2 amide bonds. The van der Waals surface area contributed by atoms with Crippen LogP contribution in [0.5, 0.6) is 0 Å². The quantitative estimate of drug-likeness (QED) is 0.823. The van der Waals surface area contributed by atoms with Crippen LogP contribution in [0.4, 0.5) is 5.69 Å². The number of benzene rings is 2. The van der Waals surface area contributed by atoms with Crippen LogP contribution in [0.15, 0.2) is 48.5 Å². The van der Waals surface area contributed by atoms with Crippen LogP contribution < -0.4 is 10.6 Å². The van der Waals surface area contributed by atoms with E-state index in [1.807, 2.05) is 48.5 Å². The van der Waals surface area contributed by atoms with Crippen molar-refractivity contribution in [1.29, 1.82) is 0 Å². The first-order chi connectivity index (χ1) is 13.1. The number of nitrogens with zero attached hydrogens (tertiary/aromatic N) is 1. The van der Waals surface area contributed by atoms with Crippen molar-refractivity contribution < 1.29 is 9.59 Å². The number of piperidine rings is 1. The highest BCUT2D eigenvalue weighted by Crippen LogP contribution is 2.14. The van der Waals surface area contributed by atoms with E-state index in [0.29, 0.717) is 12.1 Å². The fourth-order valence-corrected chi connectivity index (χ4v) is 3.33. The largest absolute Gasteiger partial charge is 0.348 e. The molecule has 5 nitrogen and oxygen atoms in total. The molecule has 0 radical (unpaired) electrons. The summed E-state index contributed by atoms with van der Waals surface area (Å²) in [6, 6.07) is 15.3. The van der Waals surface area contributed by atoms with Crippen molar-refractivity contribution in [3.05, 3.63) is 65.2 Å². The van der Waals surface area contributed by atoms with E-state index in [9.17, 15) is 9.59 Å². The second kappa shape index (κ2) is 9.33. The summed E-state index contributed by atoms with van der Waals surface area (Å²) in [6.07, 6.45) is 3.91. The SMILES string of the molecule is CC(=O)Nc1ccc(CNC(=O)c2ccc(CN3CCCCC3)cc2)cc1. The number of hydrogen-bond acceptors (Lipinski definition) is 3. The molecule has 2 aromatic carbocycles. The van der Waals surface area contributed by atoms with E-state index in [0.717, 1.165) is 17.8 Å². The van der Waals surface area contributed by atoms with Crippen LogP contribution in [0.25, 0.3) is 0 Å². The summed E-state index contributed by atoms with van der Waals surface area (Å²) in [5, 5.41) is 5.67. The van der Waals surface area contributed by atoms with Gasteiger partial charge in [0.05, 0.1) is 0 Å². The van der Waals surface area contributed by atoms with Crippen molar-refractivity contribution in [2.24, 2.45) is 0 Å². The molecule has 2 aromatic rings. The Balaban J connectivity index is 1.49. The molecule has 1 aliphatic rings. The number of hydrogen-bond donors (Lipinski definition) is 2. The molecule has 1 heterocycles. The van der Waals surface area contributed by atoms with Crippen LogP contribution in [0.2, 0.25) is 0 Å². The van der Waals surface area contributed by atoms with Crippen molar-refractivity contribution in [2.75, 3.05) is 18.4 Å². The van der Waals surface area contributed by atoms with Crippen molar-refractivity contribution in [2.45, 2.75) is 39.3 Å². The molecule has 0 unspecified atom stereocenters. The third kappa shape index (κ3) is 5.93. The Hall–Kier alpha value is -2.66. The first-order valence-electron chi connectivity index (χ1n) is 9.56. The molecule has 0 aliphatic carbocycles. The van der Waals surface area contributed by atoms with Gasteiger partial charge in [-0.05, 0) is 61.3 Å². The molecule has 0 bridgehead atoms. The molecule has 0 spiro atoms. The van der Waals surface area contributed by atoms with Gasteiger partial charge in [0.25, 0.3) is 5.91 Å². The molecule has 27 heavy (non-hydrogen) atoms. The third-order valence-corrected chi connectivity index (χ3v) is 4.80. The summed E-state index contributed by atoms with van der Waals surface area (Å²) in [4.78, 5) is 25.9. The lowest BCUT2D eigenvalue weighted by atomic mass is 10.1. The van der Waals surface area contributed by atoms with E-state index in [1.54, 1.807) is 0 Å². The molecule has 0 atom stereocenters. The summed E-state index contributed by atoms with van der Waals surface area (Å²) >= 11 is 0. The molecule has 0 aromatic heterocycles. The predicted octanol–water partition coefficient (Wildman–Crippen LogP) is 3.56. The Morgan fingerprint density at radius 1 is 0.889 bits per heavy atom. The highest BCUT2D eigenvalue weighted by Gasteiger charge is 2.11. The average Bonchev–Trinajstić information content (AvgIpc) is 2.68. The predicted molar refractivity (Wildman–Crippen MR) is 107 cm³/mol. The molecule has 0 saturated carbocycles. The van der Waals surface area contributed by atoms with Gasteiger partial charge in [0, 0.05) is 31.3 Å². The highest BCUT2D eigenvalue weighted by molar-refractivity contribution is 5.94. The van der Waals surface area contributed by atoms with Crippen LogP contribution in [-0.4, -0.2) is 29.8 Å². The topological polar surface area (TPSA) is 61.4 Å². The summed E-state index contributed by atoms with van der Waals surface area (Å²) in [6.45, 7) is 5.23. The van der Waals surface area contributed by atoms with Gasteiger partial charge in [0.15, 0.2) is 0 Å². The number of rotatable bonds is 6. The Kier molecular flexibility index (Phi) is 6.60. The molecule has 5 heteroatoms. The van der Waals surface area contributed by atoms with E-state index < -0.39 is 0 Å². The molecular weight excluding hydrogens is 338 g/mol. The zero-order chi connectivity index (χ0) is 19.1. The van der Waals surface area contributed by atoms with Crippen LogP contribution >= 0.6 is 0 Å². The van der Waals surface area contributed by atoms with Crippen molar-refractivity contribution in [3.63, 3.8) is 0 Å². The van der Waals surface area contributed by atoms with Crippen LogP contribution in [0.3, 0.4) is 0 Å². The summed E-state index contributed by atoms with van der Waals surface area (Å²) in [7, 11) is 0. The Morgan fingerprint density at radius 3 is 2.15 bits per heavy atom. The molecule has 3 rings (SSSR count). The van der Waals surface area contributed by atoms with Gasteiger partial charge >= 0.3 is 0 Å². The minimum absolute atomic E-state index is 0.0783. The minimum atomic E-state index is -0.0974. The van der Waals surface area contributed by atoms with Crippen molar-refractivity contribution in [1.82, 2.24) is 10.2 Å². The Bertz CT molecular complexity index is 763. The van der Waals surface area contributed by atoms with Gasteiger partial charge in [-0.1, -0.05) is 30.7 Å². The van der Waals surface area contributed by atoms with E-state index >= 15 is 0 Å². The number of nitrogens with one attached hydrogen (secondary N) is 2. The van der Waals surface area contributed by atoms with Gasteiger partial charge in [-0.2, -0.15) is 0 Å². The maximum absolute atomic E-state index is 12.4. The lowest BCUT2D eigenvalue weighted by molar-refractivity contribution is -0.114. The minimum Gasteiger partial charge on any atom is -0.348 e. The molecular formula is C22H27N3O2. The molecule has 2 N–H and O–H groups in total. The zero-order valence-electron chi connectivity index (χ0n) is 15.8. The summed E-state index contributed by atoms with van der Waals surface area (Å²) in [5.41, 5.74) is 3.66. The highest BCUT2D eigenvalue weighted by atomic mass is 16.2. The number of amides is 2. The van der Waals surface area contributed by atoms with Crippen molar-refractivity contribution >= 4 is 17.5 Å². The average molecular weight is 365 g/mol. The number of anilines is 1. The molecule has 1 fully saturated rings. The maximum Gasteiger partial charge on any atom is 0.251 e. The smallest absolute Gasteiger partial charge is 0.251 e. The first kappa shape index (κ1) is 19.1. The first-order valence-corrected chi connectivity index (χ1v) is 9.56. The second-order valence-corrected chi connectivity index (χ2v) is 7.09. The van der Waals surface area contributed by atoms with Gasteiger partial charge in [-0.15, -0.1) is 0 Å². The number of carbonyl (C=O) groups is 2. The Labute approximate surface area is 160 Å².